The second kappa shape index (κ2) is 9.35. The van der Waals surface area contributed by atoms with Crippen LogP contribution >= 0.6 is 0 Å². The van der Waals surface area contributed by atoms with Crippen molar-refractivity contribution in [3.05, 3.63) is 70.8 Å². The topological polar surface area (TPSA) is 71.3 Å². The second-order valence-corrected chi connectivity index (χ2v) is 8.55. The summed E-state index contributed by atoms with van der Waals surface area (Å²) in [5.74, 6) is -0.719. The molecule has 2 aromatic carbocycles. The first kappa shape index (κ1) is 22.6. The highest BCUT2D eigenvalue weighted by Crippen LogP contribution is 2.39. The number of aliphatic hydroxyl groups is 1. The second-order valence-electron chi connectivity index (χ2n) is 8.55. The molecule has 1 atom stereocenters. The van der Waals surface area contributed by atoms with Gasteiger partial charge in [-0.1, -0.05) is 29.8 Å². The number of Topliss-reactive ketones (excluding diaryl/α,β-unsaturated/α-hetero) is 1. The highest BCUT2D eigenvalue weighted by atomic mass is 16.5. The highest BCUT2D eigenvalue weighted by Gasteiger charge is 2.46. The third kappa shape index (κ3) is 4.97. The third-order valence-electron chi connectivity index (χ3n) is 5.29. The van der Waals surface area contributed by atoms with Crippen molar-refractivity contribution in [1.29, 1.82) is 0 Å². The molecule has 0 aromatic heterocycles. The number of rotatable bonds is 7. The number of carbonyl (C=O) groups is 2. The molecule has 6 heteroatoms. The van der Waals surface area contributed by atoms with Crippen molar-refractivity contribution in [2.45, 2.75) is 32.9 Å². The first-order valence-corrected chi connectivity index (χ1v) is 10.6. The molecule has 1 amide bonds. The van der Waals surface area contributed by atoms with Crippen LogP contribution in [0, 0.1) is 6.92 Å². The van der Waals surface area contributed by atoms with Gasteiger partial charge in [-0.05, 0) is 50.6 Å². The molecule has 2 N–H and O–H groups in total. The fourth-order valence-electron chi connectivity index (χ4n) is 3.67. The van der Waals surface area contributed by atoms with Crippen LogP contribution in [0.3, 0.4) is 0 Å². The third-order valence-corrected chi connectivity index (χ3v) is 5.29. The van der Waals surface area contributed by atoms with Crippen LogP contribution in [-0.2, 0) is 9.59 Å². The number of aryl methyl sites for hydroxylation is 1. The predicted octanol–water partition coefficient (Wildman–Crippen LogP) is 2.35. The number of amides is 1. The maximum Gasteiger partial charge on any atom is 0.295 e. The maximum atomic E-state index is 13.0. The molecule has 0 bridgehead atoms. The number of nitrogens with one attached hydrogen (secondary N) is 1. The molecule has 0 unspecified atom stereocenters. The summed E-state index contributed by atoms with van der Waals surface area (Å²) in [4.78, 5) is 28.6. The summed E-state index contributed by atoms with van der Waals surface area (Å²) < 4.78 is 5.66. The van der Waals surface area contributed by atoms with Crippen molar-refractivity contribution in [3.63, 3.8) is 0 Å². The average molecular weight is 424 g/mol. The van der Waals surface area contributed by atoms with Crippen molar-refractivity contribution < 1.29 is 24.3 Å². The number of ether oxygens (including phenoxy) is 1. The monoisotopic (exact) mass is 423 g/mol. The molecular weight excluding hydrogens is 392 g/mol. The Morgan fingerprint density at radius 1 is 1.06 bits per heavy atom. The fourth-order valence-corrected chi connectivity index (χ4v) is 3.67. The van der Waals surface area contributed by atoms with E-state index in [1.165, 1.54) is 4.90 Å². The number of likely N-dealkylation sites (N-methyl/N-ethyl adjacent to an activating group) is 1. The lowest BCUT2D eigenvalue weighted by Crippen LogP contribution is -3.06. The van der Waals surface area contributed by atoms with E-state index in [1.807, 2.05) is 59.1 Å². The Hall–Kier alpha value is -3.12. The zero-order valence-corrected chi connectivity index (χ0v) is 18.8. The normalized spacial score (nSPS) is 18.3. The number of carbonyl (C=O) groups excluding carboxylic acids is 2. The Morgan fingerprint density at radius 3 is 2.23 bits per heavy atom. The molecule has 0 spiro atoms. The van der Waals surface area contributed by atoms with Gasteiger partial charge in [0.1, 0.15) is 11.5 Å². The molecule has 164 valence electrons. The van der Waals surface area contributed by atoms with Gasteiger partial charge in [0, 0.05) is 5.56 Å². The van der Waals surface area contributed by atoms with Crippen LogP contribution in [0.15, 0.2) is 54.1 Å². The van der Waals surface area contributed by atoms with Gasteiger partial charge in [0.15, 0.2) is 0 Å². The van der Waals surface area contributed by atoms with Crippen LogP contribution in [0.25, 0.3) is 5.76 Å². The number of hydrogen-bond acceptors (Lipinski definition) is 4. The lowest BCUT2D eigenvalue weighted by Gasteiger charge is -2.25. The van der Waals surface area contributed by atoms with Crippen molar-refractivity contribution in [3.8, 4) is 5.75 Å². The molecule has 31 heavy (non-hydrogen) atoms. The van der Waals surface area contributed by atoms with Gasteiger partial charge >= 0.3 is 0 Å². The summed E-state index contributed by atoms with van der Waals surface area (Å²) in [6.45, 7) is 6.97. The smallest absolute Gasteiger partial charge is 0.295 e. The van der Waals surface area contributed by atoms with Gasteiger partial charge in [-0.25, -0.2) is 0 Å². The minimum Gasteiger partial charge on any atom is -0.507 e. The van der Waals surface area contributed by atoms with Gasteiger partial charge in [-0.2, -0.15) is 0 Å². The van der Waals surface area contributed by atoms with Gasteiger partial charge in [0.05, 0.1) is 44.9 Å². The molecule has 1 heterocycles. The van der Waals surface area contributed by atoms with Crippen molar-refractivity contribution >= 4 is 17.4 Å². The lowest BCUT2D eigenvalue weighted by atomic mass is 9.94. The Labute approximate surface area is 183 Å². The van der Waals surface area contributed by atoms with Crippen molar-refractivity contribution in [2.24, 2.45) is 0 Å². The molecule has 0 radical (unpaired) electrons. The first-order chi connectivity index (χ1) is 14.7. The maximum absolute atomic E-state index is 13.0. The largest absolute Gasteiger partial charge is 0.507 e. The van der Waals surface area contributed by atoms with E-state index in [-0.39, 0.29) is 17.4 Å². The number of quaternary nitrogens is 1. The van der Waals surface area contributed by atoms with E-state index >= 15 is 0 Å². The quantitative estimate of drug-likeness (QED) is 0.407. The van der Waals surface area contributed by atoms with Gasteiger partial charge in [0.25, 0.3) is 11.7 Å². The summed E-state index contributed by atoms with van der Waals surface area (Å²) in [6, 6.07) is 14.0. The number of benzene rings is 2. The van der Waals surface area contributed by atoms with Crippen LogP contribution in [0.5, 0.6) is 5.75 Å². The molecular formula is C25H31N2O4+. The Kier molecular flexibility index (Phi) is 6.81. The van der Waals surface area contributed by atoms with E-state index in [0.717, 1.165) is 11.1 Å². The lowest BCUT2D eigenvalue weighted by molar-refractivity contribution is -0.857. The molecule has 1 aliphatic rings. The van der Waals surface area contributed by atoms with Crippen molar-refractivity contribution in [2.75, 3.05) is 27.2 Å². The summed E-state index contributed by atoms with van der Waals surface area (Å²) in [5, 5.41) is 11.1. The van der Waals surface area contributed by atoms with E-state index in [0.29, 0.717) is 24.4 Å². The van der Waals surface area contributed by atoms with E-state index in [9.17, 15) is 14.7 Å². The SMILES string of the molecule is Cc1ccc([C@@H]2C(=C(O)c3ccc(OC(C)C)cc3)C(=O)C(=O)N2CC[NH+](C)C)cc1. The zero-order valence-electron chi connectivity index (χ0n) is 18.8. The minimum atomic E-state index is -0.653. The van der Waals surface area contributed by atoms with E-state index in [2.05, 4.69) is 0 Å². The number of hydrogen-bond donors (Lipinski definition) is 2. The van der Waals surface area contributed by atoms with Gasteiger partial charge in [0.2, 0.25) is 0 Å². The summed E-state index contributed by atoms with van der Waals surface area (Å²) in [7, 11) is 4.00. The Morgan fingerprint density at radius 2 is 1.68 bits per heavy atom. The molecule has 6 nitrogen and oxygen atoms in total. The zero-order chi connectivity index (χ0) is 22.7. The van der Waals surface area contributed by atoms with Crippen LogP contribution in [0.1, 0.15) is 36.6 Å². The van der Waals surface area contributed by atoms with Gasteiger partial charge < -0.3 is 19.6 Å². The number of aliphatic hydroxyl groups excluding tert-OH is 1. The van der Waals surface area contributed by atoms with Gasteiger partial charge in [-0.15, -0.1) is 0 Å². The summed E-state index contributed by atoms with van der Waals surface area (Å²) in [5.41, 5.74) is 2.49. The van der Waals surface area contributed by atoms with Crippen LogP contribution in [0.4, 0.5) is 0 Å². The molecule has 1 fully saturated rings. The van der Waals surface area contributed by atoms with Crippen LogP contribution in [-0.4, -0.2) is 55.0 Å². The number of likely N-dealkylation sites (tertiary alicyclic amines) is 1. The fraction of sp³-hybridized carbons (Fsp3) is 0.360. The molecule has 1 aliphatic heterocycles. The molecule has 0 saturated carbocycles. The summed E-state index contributed by atoms with van der Waals surface area (Å²) >= 11 is 0. The van der Waals surface area contributed by atoms with Crippen molar-refractivity contribution in [1.82, 2.24) is 4.90 Å². The number of nitrogens with zero attached hydrogens (tertiary/aromatic N) is 1. The first-order valence-electron chi connectivity index (χ1n) is 10.6. The average Bonchev–Trinajstić information content (AvgIpc) is 2.97. The van der Waals surface area contributed by atoms with E-state index < -0.39 is 17.7 Å². The van der Waals surface area contributed by atoms with Crippen LogP contribution < -0.4 is 9.64 Å². The van der Waals surface area contributed by atoms with Crippen LogP contribution in [0.2, 0.25) is 0 Å². The summed E-state index contributed by atoms with van der Waals surface area (Å²) in [6.07, 6.45) is 0.0325. The van der Waals surface area contributed by atoms with E-state index in [4.69, 9.17) is 4.74 Å². The van der Waals surface area contributed by atoms with E-state index in [1.54, 1.807) is 29.2 Å². The Bertz CT molecular complexity index is 976. The predicted molar refractivity (Wildman–Crippen MR) is 120 cm³/mol. The molecule has 2 aromatic rings. The molecule has 0 aliphatic carbocycles. The highest BCUT2D eigenvalue weighted by molar-refractivity contribution is 6.46. The number of ketones is 1. The van der Waals surface area contributed by atoms with Gasteiger partial charge in [-0.3, -0.25) is 9.59 Å². The molecule has 3 rings (SSSR count). The minimum absolute atomic E-state index is 0.0325. The Balaban J connectivity index is 2.06. The molecule has 1 saturated heterocycles. The standard InChI is InChI=1S/C25H30N2O4/c1-16(2)31-20-12-10-19(11-13-20)23(28)21-22(18-8-6-17(3)7-9-18)27(15-14-26(4)5)25(30)24(21)29/h6-13,16,22,28H,14-15H2,1-5H3/p+1/t22-/m1/s1.